The molecule has 1 aromatic carbocycles. The minimum atomic E-state index is -0.304. The molecule has 3 aliphatic rings. The van der Waals surface area contributed by atoms with E-state index in [1.165, 1.54) is 19.3 Å². The van der Waals surface area contributed by atoms with Crippen molar-refractivity contribution >= 4 is 5.97 Å². The van der Waals surface area contributed by atoms with Crippen LogP contribution in [0.25, 0.3) is 0 Å². The van der Waals surface area contributed by atoms with Gasteiger partial charge in [0.05, 0.1) is 6.61 Å². The van der Waals surface area contributed by atoms with Crippen molar-refractivity contribution in [2.75, 3.05) is 6.61 Å². The Morgan fingerprint density at radius 3 is 2.52 bits per heavy atom. The van der Waals surface area contributed by atoms with Gasteiger partial charge in [0.2, 0.25) is 0 Å². The second-order valence-corrected chi connectivity index (χ2v) is 6.78. The lowest BCUT2D eigenvalue weighted by molar-refractivity contribution is -0.146. The first-order valence-electron chi connectivity index (χ1n) is 8.27. The average Bonchev–Trinajstić information content (AvgIpc) is 2.89. The molecular formula is C18H23NO2. The average molecular weight is 285 g/mol. The first kappa shape index (κ1) is 13.3. The third-order valence-electron chi connectivity index (χ3n) is 5.75. The third-order valence-corrected chi connectivity index (χ3v) is 5.75. The van der Waals surface area contributed by atoms with Crippen LogP contribution in [0.15, 0.2) is 30.3 Å². The molecule has 3 heteroatoms. The topological polar surface area (TPSA) is 38.3 Å². The van der Waals surface area contributed by atoms with Crippen molar-refractivity contribution in [2.45, 2.75) is 38.3 Å². The van der Waals surface area contributed by atoms with Crippen molar-refractivity contribution in [1.82, 2.24) is 5.32 Å². The molecule has 21 heavy (non-hydrogen) atoms. The smallest absolute Gasteiger partial charge is 0.327 e. The van der Waals surface area contributed by atoms with Gasteiger partial charge in [-0.2, -0.15) is 0 Å². The van der Waals surface area contributed by atoms with Gasteiger partial charge in [-0.1, -0.05) is 30.3 Å². The van der Waals surface area contributed by atoms with Gasteiger partial charge in [-0.25, -0.2) is 4.79 Å². The van der Waals surface area contributed by atoms with Gasteiger partial charge in [0.15, 0.2) is 0 Å². The number of nitrogens with one attached hydrogen (secondary N) is 1. The Morgan fingerprint density at radius 2 is 1.90 bits per heavy atom. The highest BCUT2D eigenvalue weighted by Gasteiger charge is 2.65. The SMILES string of the molecule is CCOC(=O)C(NC1C2C3CCC(C3)C12)c1ccccc1. The summed E-state index contributed by atoms with van der Waals surface area (Å²) in [4.78, 5) is 12.3. The highest BCUT2D eigenvalue weighted by atomic mass is 16.5. The van der Waals surface area contributed by atoms with Crippen LogP contribution in [0, 0.1) is 23.7 Å². The molecular weight excluding hydrogens is 262 g/mol. The fourth-order valence-electron chi connectivity index (χ4n) is 4.91. The summed E-state index contributed by atoms with van der Waals surface area (Å²) < 4.78 is 5.28. The summed E-state index contributed by atoms with van der Waals surface area (Å²) in [5, 5.41) is 3.62. The monoisotopic (exact) mass is 285 g/mol. The minimum Gasteiger partial charge on any atom is -0.465 e. The minimum absolute atomic E-state index is 0.138. The largest absolute Gasteiger partial charge is 0.465 e. The number of ether oxygens (including phenoxy) is 1. The summed E-state index contributed by atoms with van der Waals surface area (Å²) in [6.45, 7) is 2.30. The van der Waals surface area contributed by atoms with Crippen LogP contribution in [0.4, 0.5) is 0 Å². The number of carbonyl (C=O) groups excluding carboxylic acids is 1. The van der Waals surface area contributed by atoms with Crippen molar-refractivity contribution < 1.29 is 9.53 Å². The summed E-state index contributed by atoms with van der Waals surface area (Å²) in [5.41, 5.74) is 1.02. The molecule has 2 bridgehead atoms. The fraction of sp³-hybridized carbons (Fsp3) is 0.611. The van der Waals surface area contributed by atoms with E-state index in [1.807, 2.05) is 37.3 Å². The van der Waals surface area contributed by atoms with Gasteiger partial charge in [0, 0.05) is 6.04 Å². The summed E-state index contributed by atoms with van der Waals surface area (Å²) in [5.74, 6) is 3.34. The molecule has 3 fully saturated rings. The molecule has 1 aromatic rings. The van der Waals surface area contributed by atoms with Gasteiger partial charge < -0.3 is 4.74 Å². The Kier molecular flexibility index (Phi) is 3.26. The zero-order chi connectivity index (χ0) is 14.4. The molecule has 0 spiro atoms. The van der Waals surface area contributed by atoms with E-state index in [-0.39, 0.29) is 12.0 Å². The third kappa shape index (κ3) is 2.18. The molecule has 0 aliphatic heterocycles. The summed E-state index contributed by atoms with van der Waals surface area (Å²) >= 11 is 0. The molecule has 1 N–H and O–H groups in total. The Balaban J connectivity index is 1.50. The maximum absolute atomic E-state index is 12.3. The van der Waals surface area contributed by atoms with Gasteiger partial charge in [-0.3, -0.25) is 5.32 Å². The first-order valence-corrected chi connectivity index (χ1v) is 8.27. The van der Waals surface area contributed by atoms with Gasteiger partial charge in [0.25, 0.3) is 0 Å². The predicted molar refractivity (Wildman–Crippen MR) is 80.6 cm³/mol. The van der Waals surface area contributed by atoms with E-state index >= 15 is 0 Å². The van der Waals surface area contributed by atoms with Crippen LogP contribution >= 0.6 is 0 Å². The lowest BCUT2D eigenvalue weighted by Crippen LogP contribution is -2.34. The Morgan fingerprint density at radius 1 is 1.24 bits per heavy atom. The van der Waals surface area contributed by atoms with E-state index in [4.69, 9.17) is 4.74 Å². The van der Waals surface area contributed by atoms with Gasteiger partial charge in [0.1, 0.15) is 6.04 Å². The van der Waals surface area contributed by atoms with Crippen LogP contribution in [0.5, 0.6) is 0 Å². The molecule has 0 radical (unpaired) electrons. The van der Waals surface area contributed by atoms with Gasteiger partial charge in [-0.15, -0.1) is 0 Å². The number of hydrogen-bond acceptors (Lipinski definition) is 3. The molecule has 112 valence electrons. The Labute approximate surface area is 126 Å². The van der Waals surface area contributed by atoms with E-state index < -0.39 is 0 Å². The predicted octanol–water partition coefficient (Wildman–Crippen LogP) is 2.92. The standard InChI is InChI=1S/C18H23NO2/c1-2-21-18(20)16(11-6-4-3-5-7-11)19-17-14-12-8-9-13(10-12)15(14)17/h3-7,12-17,19H,2,8-10H2,1H3. The van der Waals surface area contributed by atoms with Crippen molar-refractivity contribution in [2.24, 2.45) is 23.7 Å². The molecule has 0 aromatic heterocycles. The molecule has 5 unspecified atom stereocenters. The quantitative estimate of drug-likeness (QED) is 0.845. The number of rotatable bonds is 5. The van der Waals surface area contributed by atoms with E-state index in [2.05, 4.69) is 5.32 Å². The molecule has 0 saturated heterocycles. The van der Waals surface area contributed by atoms with Crippen LogP contribution in [0.3, 0.4) is 0 Å². The number of benzene rings is 1. The fourth-order valence-corrected chi connectivity index (χ4v) is 4.91. The van der Waals surface area contributed by atoms with Gasteiger partial charge in [-0.05, 0) is 55.4 Å². The highest BCUT2D eigenvalue weighted by Crippen LogP contribution is 2.65. The van der Waals surface area contributed by atoms with Crippen molar-refractivity contribution in [3.05, 3.63) is 35.9 Å². The number of esters is 1. The molecule has 3 aliphatic carbocycles. The van der Waals surface area contributed by atoms with Crippen LogP contribution in [-0.2, 0) is 9.53 Å². The lowest BCUT2D eigenvalue weighted by Gasteiger charge is -2.20. The normalized spacial score (nSPS) is 37.1. The number of hydrogen-bond donors (Lipinski definition) is 1. The van der Waals surface area contributed by atoms with Crippen LogP contribution < -0.4 is 5.32 Å². The summed E-state index contributed by atoms with van der Waals surface area (Å²) in [6.07, 6.45) is 4.24. The zero-order valence-electron chi connectivity index (χ0n) is 12.5. The molecule has 3 nitrogen and oxygen atoms in total. The second kappa shape index (κ2) is 5.13. The van der Waals surface area contributed by atoms with Crippen molar-refractivity contribution in [3.63, 3.8) is 0 Å². The molecule has 5 atom stereocenters. The number of fused-ring (bicyclic) bond motifs is 5. The Hall–Kier alpha value is -1.35. The van der Waals surface area contributed by atoms with E-state index in [1.54, 1.807) is 0 Å². The summed E-state index contributed by atoms with van der Waals surface area (Å²) in [6, 6.07) is 10.2. The molecule has 3 saturated carbocycles. The first-order chi connectivity index (χ1) is 10.3. The van der Waals surface area contributed by atoms with Crippen molar-refractivity contribution in [1.29, 1.82) is 0 Å². The second-order valence-electron chi connectivity index (χ2n) is 6.78. The number of carbonyl (C=O) groups is 1. The van der Waals surface area contributed by atoms with Crippen LogP contribution in [0.2, 0.25) is 0 Å². The maximum atomic E-state index is 12.3. The van der Waals surface area contributed by atoms with Crippen molar-refractivity contribution in [3.8, 4) is 0 Å². The van der Waals surface area contributed by atoms with E-state index in [0.29, 0.717) is 12.6 Å². The van der Waals surface area contributed by atoms with Gasteiger partial charge >= 0.3 is 5.97 Å². The van der Waals surface area contributed by atoms with E-state index in [9.17, 15) is 4.79 Å². The van der Waals surface area contributed by atoms with E-state index in [0.717, 1.165) is 29.2 Å². The van der Waals surface area contributed by atoms with Crippen LogP contribution in [0.1, 0.15) is 37.8 Å². The maximum Gasteiger partial charge on any atom is 0.327 e. The lowest BCUT2D eigenvalue weighted by atomic mass is 10.0. The molecule has 0 heterocycles. The zero-order valence-corrected chi connectivity index (χ0v) is 12.5. The summed E-state index contributed by atoms with van der Waals surface area (Å²) in [7, 11) is 0. The highest BCUT2D eigenvalue weighted by molar-refractivity contribution is 5.77. The molecule has 4 rings (SSSR count). The Bertz CT molecular complexity index is 513. The van der Waals surface area contributed by atoms with Crippen LogP contribution in [-0.4, -0.2) is 18.6 Å². The molecule has 0 amide bonds.